The Morgan fingerprint density at radius 1 is 1.04 bits per heavy atom. The number of nitrogens with one attached hydrogen (secondary N) is 2. The van der Waals surface area contributed by atoms with Gasteiger partial charge in [-0.05, 0) is 62.2 Å². The van der Waals surface area contributed by atoms with Gasteiger partial charge in [-0.1, -0.05) is 30.3 Å². The molecule has 0 radical (unpaired) electrons. The highest BCUT2D eigenvalue weighted by Gasteiger charge is 2.39. The van der Waals surface area contributed by atoms with E-state index in [0.717, 1.165) is 49.4 Å². The minimum Gasteiger partial charge on any atom is -0.497 e. The molecule has 0 atom stereocenters. The van der Waals surface area contributed by atoms with Crippen LogP contribution in [0.15, 0.2) is 54.6 Å². The fourth-order valence-corrected chi connectivity index (χ4v) is 3.56. The minimum atomic E-state index is -0.368. The van der Waals surface area contributed by atoms with Crippen LogP contribution in [0.1, 0.15) is 18.4 Å². The third-order valence-electron chi connectivity index (χ3n) is 5.14. The summed E-state index contributed by atoms with van der Waals surface area (Å²) in [7, 11) is 1.66. The van der Waals surface area contributed by atoms with Crippen LogP contribution < -0.4 is 20.1 Å². The fourth-order valence-electron chi connectivity index (χ4n) is 3.56. The smallest absolute Gasteiger partial charge is 0.226 e. The van der Waals surface area contributed by atoms with E-state index < -0.39 is 0 Å². The molecule has 0 bridgehead atoms. The summed E-state index contributed by atoms with van der Waals surface area (Å²) in [5.74, 6) is 1.78. The van der Waals surface area contributed by atoms with Gasteiger partial charge in [-0.15, -0.1) is 0 Å². The minimum absolute atomic E-state index is 0.122. The first-order valence-corrected chi connectivity index (χ1v) is 9.52. The summed E-state index contributed by atoms with van der Waals surface area (Å²) in [6.45, 7) is 2.70. The molecule has 1 aliphatic heterocycles. The first kappa shape index (κ1) is 19.2. The average Bonchev–Trinajstić information content (AvgIpc) is 2.73. The highest BCUT2D eigenvalue weighted by Crippen LogP contribution is 2.33. The van der Waals surface area contributed by atoms with E-state index in [9.17, 15) is 4.79 Å². The van der Waals surface area contributed by atoms with Crippen molar-refractivity contribution >= 4 is 5.91 Å². The van der Waals surface area contributed by atoms with Crippen molar-refractivity contribution in [3.63, 3.8) is 0 Å². The highest BCUT2D eigenvalue weighted by atomic mass is 16.5. The second kappa shape index (κ2) is 9.42. The lowest BCUT2D eigenvalue weighted by Crippen LogP contribution is -2.49. The Kier molecular flexibility index (Phi) is 6.71. The monoisotopic (exact) mass is 368 g/mol. The maximum absolute atomic E-state index is 13.0. The SMILES string of the molecule is COc1ccc(CC2(C(=O)NCCOc3ccccc3)CCNCC2)cc1. The summed E-state index contributed by atoms with van der Waals surface area (Å²) >= 11 is 0. The number of hydrogen-bond donors (Lipinski definition) is 2. The number of methoxy groups -OCH3 is 1. The Morgan fingerprint density at radius 3 is 2.41 bits per heavy atom. The molecule has 0 unspecified atom stereocenters. The summed E-state index contributed by atoms with van der Waals surface area (Å²) < 4.78 is 10.9. The molecule has 2 N–H and O–H groups in total. The number of ether oxygens (including phenoxy) is 2. The largest absolute Gasteiger partial charge is 0.497 e. The zero-order valence-electron chi connectivity index (χ0n) is 15.9. The molecule has 1 aliphatic rings. The number of benzene rings is 2. The zero-order chi connectivity index (χ0) is 19.0. The third-order valence-corrected chi connectivity index (χ3v) is 5.14. The van der Waals surface area contributed by atoms with Crippen LogP contribution in [-0.4, -0.2) is 39.3 Å². The van der Waals surface area contributed by atoms with Crippen LogP contribution in [0.25, 0.3) is 0 Å². The van der Waals surface area contributed by atoms with Gasteiger partial charge in [-0.3, -0.25) is 4.79 Å². The molecular formula is C22H28N2O3. The second-order valence-electron chi connectivity index (χ2n) is 6.97. The predicted octanol–water partition coefficient (Wildman–Crippen LogP) is 2.80. The van der Waals surface area contributed by atoms with E-state index in [0.29, 0.717) is 13.2 Å². The fraction of sp³-hybridized carbons (Fsp3) is 0.409. The lowest BCUT2D eigenvalue weighted by Gasteiger charge is -2.36. The number of carbonyl (C=O) groups is 1. The molecule has 1 amide bonds. The van der Waals surface area contributed by atoms with Gasteiger partial charge in [0.15, 0.2) is 0 Å². The van der Waals surface area contributed by atoms with Crippen molar-refractivity contribution in [2.45, 2.75) is 19.3 Å². The molecule has 5 nitrogen and oxygen atoms in total. The van der Waals surface area contributed by atoms with E-state index in [2.05, 4.69) is 22.8 Å². The van der Waals surface area contributed by atoms with E-state index in [1.54, 1.807) is 7.11 Å². The molecule has 1 saturated heterocycles. The average molecular weight is 368 g/mol. The van der Waals surface area contributed by atoms with Crippen molar-refractivity contribution < 1.29 is 14.3 Å². The van der Waals surface area contributed by atoms with Gasteiger partial charge in [-0.2, -0.15) is 0 Å². The van der Waals surface area contributed by atoms with Crippen molar-refractivity contribution in [3.8, 4) is 11.5 Å². The van der Waals surface area contributed by atoms with Gasteiger partial charge in [0.05, 0.1) is 19.1 Å². The maximum atomic E-state index is 13.0. The Labute approximate surface area is 161 Å². The summed E-state index contributed by atoms with van der Waals surface area (Å²) in [5, 5.41) is 6.45. The Balaban J connectivity index is 1.58. The van der Waals surface area contributed by atoms with Gasteiger partial charge in [0.2, 0.25) is 5.91 Å². The first-order valence-electron chi connectivity index (χ1n) is 9.52. The van der Waals surface area contributed by atoms with E-state index >= 15 is 0 Å². The lowest BCUT2D eigenvalue weighted by atomic mass is 9.73. The van der Waals surface area contributed by atoms with Crippen molar-refractivity contribution in [2.75, 3.05) is 33.4 Å². The number of carbonyl (C=O) groups excluding carboxylic acids is 1. The normalized spacial score (nSPS) is 15.7. The molecule has 2 aromatic rings. The van der Waals surface area contributed by atoms with Crippen LogP contribution in [0.5, 0.6) is 11.5 Å². The van der Waals surface area contributed by atoms with Crippen molar-refractivity contribution in [1.82, 2.24) is 10.6 Å². The summed E-state index contributed by atoms with van der Waals surface area (Å²) in [6, 6.07) is 17.7. The zero-order valence-corrected chi connectivity index (χ0v) is 15.9. The number of amides is 1. The molecule has 1 heterocycles. The standard InChI is InChI=1S/C22H28N2O3/c1-26-19-9-7-18(8-10-19)17-22(11-13-23-14-12-22)21(25)24-15-16-27-20-5-3-2-4-6-20/h2-10,23H,11-17H2,1H3,(H,24,25). The number of hydrogen-bond acceptors (Lipinski definition) is 4. The van der Waals surface area contributed by atoms with Gasteiger partial charge in [0.1, 0.15) is 18.1 Å². The molecule has 5 heteroatoms. The van der Waals surface area contributed by atoms with E-state index in [-0.39, 0.29) is 11.3 Å². The molecule has 1 fully saturated rings. The molecule has 27 heavy (non-hydrogen) atoms. The van der Waals surface area contributed by atoms with Gasteiger partial charge < -0.3 is 20.1 Å². The molecule has 0 aromatic heterocycles. The third kappa shape index (κ3) is 5.23. The molecule has 144 valence electrons. The maximum Gasteiger partial charge on any atom is 0.226 e. The van der Waals surface area contributed by atoms with Crippen LogP contribution in [0.2, 0.25) is 0 Å². The quantitative estimate of drug-likeness (QED) is 0.704. The molecule has 0 aliphatic carbocycles. The van der Waals surface area contributed by atoms with Crippen LogP contribution in [0.3, 0.4) is 0 Å². The van der Waals surface area contributed by atoms with E-state index in [4.69, 9.17) is 9.47 Å². The Hall–Kier alpha value is -2.53. The lowest BCUT2D eigenvalue weighted by molar-refractivity contribution is -0.132. The topological polar surface area (TPSA) is 59.6 Å². The van der Waals surface area contributed by atoms with E-state index in [1.807, 2.05) is 42.5 Å². The predicted molar refractivity (Wildman–Crippen MR) is 106 cm³/mol. The number of para-hydroxylation sites is 1. The van der Waals surface area contributed by atoms with Crippen LogP contribution in [-0.2, 0) is 11.2 Å². The Bertz CT molecular complexity index is 710. The summed E-state index contributed by atoms with van der Waals surface area (Å²) in [5.41, 5.74) is 0.792. The molecule has 2 aromatic carbocycles. The van der Waals surface area contributed by atoms with Gasteiger partial charge >= 0.3 is 0 Å². The van der Waals surface area contributed by atoms with Crippen LogP contribution in [0.4, 0.5) is 0 Å². The van der Waals surface area contributed by atoms with Crippen molar-refractivity contribution in [1.29, 1.82) is 0 Å². The van der Waals surface area contributed by atoms with Crippen molar-refractivity contribution in [3.05, 3.63) is 60.2 Å². The molecule has 0 spiro atoms. The van der Waals surface area contributed by atoms with Crippen molar-refractivity contribution in [2.24, 2.45) is 5.41 Å². The van der Waals surface area contributed by atoms with Gasteiger partial charge in [0.25, 0.3) is 0 Å². The first-order chi connectivity index (χ1) is 13.2. The number of rotatable bonds is 8. The van der Waals surface area contributed by atoms with Gasteiger partial charge in [-0.25, -0.2) is 0 Å². The van der Waals surface area contributed by atoms with Crippen LogP contribution >= 0.6 is 0 Å². The Morgan fingerprint density at radius 2 is 1.74 bits per heavy atom. The molecule has 3 rings (SSSR count). The molecule has 0 saturated carbocycles. The second-order valence-corrected chi connectivity index (χ2v) is 6.97. The van der Waals surface area contributed by atoms with Gasteiger partial charge in [0, 0.05) is 0 Å². The number of piperidine rings is 1. The highest BCUT2D eigenvalue weighted by molar-refractivity contribution is 5.83. The summed E-state index contributed by atoms with van der Waals surface area (Å²) in [4.78, 5) is 13.0. The van der Waals surface area contributed by atoms with E-state index in [1.165, 1.54) is 0 Å². The van der Waals surface area contributed by atoms with Crippen LogP contribution in [0, 0.1) is 5.41 Å². The summed E-state index contributed by atoms with van der Waals surface area (Å²) in [6.07, 6.45) is 2.42. The molecular weight excluding hydrogens is 340 g/mol.